The van der Waals surface area contributed by atoms with Crippen LogP contribution in [0.1, 0.15) is 50.8 Å². The maximum Gasteiger partial charge on any atom is 0.338 e. The standard InChI is InChI=1S/C27H24N2O5/c1-17-12-14-28(15-13-17)23(30)16-34-27(33)19-8-10-20(11-9-19)29-25(31)21-6-2-4-18-5-3-7-22(24(18)21)26(29)32/h2-11,17H,12-16H2,1H3. The van der Waals surface area contributed by atoms with Gasteiger partial charge in [-0.1, -0.05) is 31.2 Å². The molecule has 0 atom stereocenters. The van der Waals surface area contributed by atoms with Gasteiger partial charge in [0.2, 0.25) is 0 Å². The Labute approximate surface area is 196 Å². The third kappa shape index (κ3) is 3.83. The maximum atomic E-state index is 13.2. The van der Waals surface area contributed by atoms with Crippen LogP contribution in [-0.4, -0.2) is 48.3 Å². The van der Waals surface area contributed by atoms with Gasteiger partial charge < -0.3 is 9.64 Å². The van der Waals surface area contributed by atoms with Crippen molar-refractivity contribution < 1.29 is 23.9 Å². The number of rotatable bonds is 4. The molecule has 3 aromatic carbocycles. The van der Waals surface area contributed by atoms with Crippen LogP contribution in [0.15, 0.2) is 60.7 Å². The summed E-state index contributed by atoms with van der Waals surface area (Å²) in [5.41, 5.74) is 1.52. The summed E-state index contributed by atoms with van der Waals surface area (Å²) in [6.45, 7) is 3.22. The molecule has 3 amide bonds. The Hall–Kier alpha value is -4.00. The highest BCUT2D eigenvalue weighted by atomic mass is 16.5. The first kappa shape index (κ1) is 21.8. The minimum Gasteiger partial charge on any atom is -0.452 e. The van der Waals surface area contributed by atoms with Gasteiger partial charge >= 0.3 is 5.97 Å². The quantitative estimate of drug-likeness (QED) is 0.437. The van der Waals surface area contributed by atoms with Crippen molar-refractivity contribution in [2.24, 2.45) is 5.92 Å². The number of carbonyl (C=O) groups is 4. The van der Waals surface area contributed by atoms with Crippen molar-refractivity contribution in [3.63, 3.8) is 0 Å². The van der Waals surface area contributed by atoms with Crippen LogP contribution in [0.5, 0.6) is 0 Å². The van der Waals surface area contributed by atoms with E-state index in [2.05, 4.69) is 6.92 Å². The van der Waals surface area contributed by atoms with E-state index in [1.54, 1.807) is 29.2 Å². The molecule has 3 aromatic rings. The Morgan fingerprint density at radius 2 is 1.47 bits per heavy atom. The molecule has 0 aliphatic carbocycles. The number of amides is 3. The van der Waals surface area contributed by atoms with Gasteiger partial charge in [-0.2, -0.15) is 0 Å². The number of anilines is 1. The molecule has 34 heavy (non-hydrogen) atoms. The fourth-order valence-electron chi connectivity index (χ4n) is 4.57. The lowest BCUT2D eigenvalue weighted by molar-refractivity contribution is -0.135. The number of carbonyl (C=O) groups excluding carboxylic acids is 4. The van der Waals surface area contributed by atoms with Crippen molar-refractivity contribution in [3.05, 3.63) is 77.4 Å². The summed E-state index contributed by atoms with van der Waals surface area (Å²) in [5.74, 6) is -1.05. The number of ether oxygens (including phenoxy) is 1. The number of piperidine rings is 1. The fourth-order valence-corrected chi connectivity index (χ4v) is 4.57. The molecule has 172 valence electrons. The van der Waals surface area contributed by atoms with Crippen molar-refractivity contribution in [3.8, 4) is 0 Å². The number of nitrogens with zero attached hydrogens (tertiary/aromatic N) is 2. The summed E-state index contributed by atoms with van der Waals surface area (Å²) in [6, 6.07) is 16.8. The van der Waals surface area contributed by atoms with Gasteiger partial charge in [0.15, 0.2) is 6.61 Å². The predicted molar refractivity (Wildman–Crippen MR) is 127 cm³/mol. The van der Waals surface area contributed by atoms with E-state index in [1.165, 1.54) is 24.3 Å². The molecule has 0 aromatic heterocycles. The molecule has 2 aliphatic rings. The third-order valence-corrected chi connectivity index (χ3v) is 6.60. The Bertz CT molecular complexity index is 1260. The van der Waals surface area contributed by atoms with Gasteiger partial charge in [-0.3, -0.25) is 14.4 Å². The van der Waals surface area contributed by atoms with Crippen molar-refractivity contribution >= 4 is 40.2 Å². The molecule has 0 N–H and O–H groups in total. The summed E-state index contributed by atoms with van der Waals surface area (Å²) in [7, 11) is 0. The molecule has 0 saturated carbocycles. The number of likely N-dealkylation sites (tertiary alicyclic amines) is 1. The van der Waals surface area contributed by atoms with E-state index < -0.39 is 17.8 Å². The Balaban J connectivity index is 1.29. The molecule has 0 spiro atoms. The normalized spacial score (nSPS) is 16.1. The van der Waals surface area contributed by atoms with E-state index in [0.717, 1.165) is 23.1 Å². The molecule has 5 rings (SSSR count). The molecule has 2 heterocycles. The Morgan fingerprint density at radius 1 is 0.882 bits per heavy atom. The summed E-state index contributed by atoms with van der Waals surface area (Å²) >= 11 is 0. The molecule has 0 bridgehead atoms. The minimum absolute atomic E-state index is 0.200. The molecule has 0 radical (unpaired) electrons. The van der Waals surface area contributed by atoms with E-state index in [1.807, 2.05) is 12.1 Å². The van der Waals surface area contributed by atoms with Crippen molar-refractivity contribution in [1.29, 1.82) is 0 Å². The van der Waals surface area contributed by atoms with Crippen LogP contribution in [0.2, 0.25) is 0 Å². The largest absolute Gasteiger partial charge is 0.452 e. The average molecular weight is 456 g/mol. The van der Waals surface area contributed by atoms with Crippen LogP contribution >= 0.6 is 0 Å². The van der Waals surface area contributed by atoms with Crippen molar-refractivity contribution in [2.75, 3.05) is 24.6 Å². The number of hydrogen-bond donors (Lipinski definition) is 0. The van der Waals surface area contributed by atoms with Crippen LogP contribution in [0, 0.1) is 5.92 Å². The smallest absolute Gasteiger partial charge is 0.338 e. The number of esters is 1. The van der Waals surface area contributed by atoms with Gasteiger partial charge in [-0.15, -0.1) is 0 Å². The zero-order valence-corrected chi connectivity index (χ0v) is 18.8. The topological polar surface area (TPSA) is 84.0 Å². The highest BCUT2D eigenvalue weighted by molar-refractivity contribution is 6.35. The zero-order valence-electron chi connectivity index (χ0n) is 18.8. The lowest BCUT2D eigenvalue weighted by atomic mass is 9.94. The van der Waals surface area contributed by atoms with Gasteiger partial charge in [-0.05, 0) is 60.5 Å². The van der Waals surface area contributed by atoms with E-state index in [9.17, 15) is 19.2 Å². The SMILES string of the molecule is CC1CCN(C(=O)COC(=O)c2ccc(N3C(=O)c4cccc5cccc(c45)C3=O)cc2)CC1. The molecule has 7 nitrogen and oxygen atoms in total. The van der Waals surface area contributed by atoms with Crippen LogP contribution in [-0.2, 0) is 9.53 Å². The summed E-state index contributed by atoms with van der Waals surface area (Å²) < 4.78 is 5.20. The summed E-state index contributed by atoms with van der Waals surface area (Å²) in [4.78, 5) is 53.9. The van der Waals surface area contributed by atoms with E-state index in [-0.39, 0.29) is 18.1 Å². The molecular formula is C27H24N2O5. The second kappa shape index (κ2) is 8.74. The van der Waals surface area contributed by atoms with Crippen molar-refractivity contribution in [2.45, 2.75) is 19.8 Å². The first-order chi connectivity index (χ1) is 16.4. The molecule has 7 heteroatoms. The molecule has 1 saturated heterocycles. The first-order valence-corrected chi connectivity index (χ1v) is 11.4. The summed E-state index contributed by atoms with van der Waals surface area (Å²) in [6.07, 6.45) is 1.90. The van der Waals surface area contributed by atoms with Crippen LogP contribution < -0.4 is 4.90 Å². The van der Waals surface area contributed by atoms with E-state index in [0.29, 0.717) is 41.2 Å². The van der Waals surface area contributed by atoms with Crippen LogP contribution in [0.25, 0.3) is 10.8 Å². The number of hydrogen-bond acceptors (Lipinski definition) is 5. The second-order valence-electron chi connectivity index (χ2n) is 8.84. The van der Waals surface area contributed by atoms with E-state index >= 15 is 0 Å². The number of imide groups is 1. The van der Waals surface area contributed by atoms with E-state index in [4.69, 9.17) is 4.74 Å². The van der Waals surface area contributed by atoms with Crippen molar-refractivity contribution in [1.82, 2.24) is 4.90 Å². The average Bonchev–Trinajstić information content (AvgIpc) is 2.86. The monoisotopic (exact) mass is 456 g/mol. The molecule has 1 fully saturated rings. The van der Waals surface area contributed by atoms with Gasteiger partial charge in [0.25, 0.3) is 17.7 Å². The molecule has 0 unspecified atom stereocenters. The van der Waals surface area contributed by atoms with Gasteiger partial charge in [0.1, 0.15) is 0 Å². The fraction of sp³-hybridized carbons (Fsp3) is 0.259. The number of benzene rings is 3. The zero-order chi connectivity index (χ0) is 23.8. The van der Waals surface area contributed by atoms with Crippen LogP contribution in [0.3, 0.4) is 0 Å². The molecule has 2 aliphatic heterocycles. The highest BCUT2D eigenvalue weighted by Crippen LogP contribution is 2.32. The third-order valence-electron chi connectivity index (χ3n) is 6.60. The minimum atomic E-state index is -0.628. The highest BCUT2D eigenvalue weighted by Gasteiger charge is 2.33. The van der Waals surface area contributed by atoms with Gasteiger partial charge in [0, 0.05) is 29.6 Å². The maximum absolute atomic E-state index is 13.2. The Morgan fingerprint density at radius 3 is 2.06 bits per heavy atom. The predicted octanol–water partition coefficient (Wildman–Crippen LogP) is 4.06. The Kier molecular flexibility index (Phi) is 5.61. The van der Waals surface area contributed by atoms with Gasteiger partial charge in [0.05, 0.1) is 11.3 Å². The second-order valence-corrected chi connectivity index (χ2v) is 8.84. The van der Waals surface area contributed by atoms with Gasteiger partial charge in [-0.25, -0.2) is 9.69 Å². The lowest BCUT2D eigenvalue weighted by Crippen LogP contribution is -2.40. The van der Waals surface area contributed by atoms with Crippen LogP contribution in [0.4, 0.5) is 5.69 Å². The lowest BCUT2D eigenvalue weighted by Gasteiger charge is -2.30. The summed E-state index contributed by atoms with van der Waals surface area (Å²) in [5, 5.41) is 1.49. The molecular weight excluding hydrogens is 432 g/mol. The first-order valence-electron chi connectivity index (χ1n) is 11.4.